The van der Waals surface area contributed by atoms with Crippen molar-refractivity contribution in [2.24, 2.45) is 0 Å². The van der Waals surface area contributed by atoms with Crippen molar-refractivity contribution in [2.45, 2.75) is 13.0 Å². The monoisotopic (exact) mass is 348 g/mol. The zero-order valence-electron chi connectivity index (χ0n) is 10.8. The summed E-state index contributed by atoms with van der Waals surface area (Å²) in [5, 5.41) is 7.60. The first kappa shape index (κ1) is 13.3. The Balaban J connectivity index is 1.72. The Kier molecular flexibility index (Phi) is 3.84. The number of thiophene rings is 1. The lowest BCUT2D eigenvalue weighted by Gasteiger charge is -2.13. The predicted octanol–water partition coefficient (Wildman–Crippen LogP) is 4.26. The van der Waals surface area contributed by atoms with Crippen LogP contribution in [0, 0.1) is 0 Å². The van der Waals surface area contributed by atoms with Crippen molar-refractivity contribution in [2.75, 3.05) is 5.32 Å². The highest BCUT2D eigenvalue weighted by Gasteiger charge is 2.08. The summed E-state index contributed by atoms with van der Waals surface area (Å²) >= 11 is 5.22. The van der Waals surface area contributed by atoms with Gasteiger partial charge in [0.2, 0.25) is 0 Å². The molecule has 4 nitrogen and oxygen atoms in total. The fraction of sp³-hybridized carbons (Fsp3) is 0.143. The molecule has 0 saturated carbocycles. The molecular weight excluding hydrogens is 336 g/mol. The first-order valence-corrected chi connectivity index (χ1v) is 7.81. The molecule has 1 atom stereocenters. The van der Waals surface area contributed by atoms with Gasteiger partial charge in [0.25, 0.3) is 0 Å². The second kappa shape index (κ2) is 5.76. The van der Waals surface area contributed by atoms with Crippen LogP contribution in [0.25, 0.3) is 5.82 Å². The minimum absolute atomic E-state index is 0.253. The minimum atomic E-state index is 0.253. The molecule has 0 radical (unpaired) electrons. The molecule has 0 spiro atoms. The highest BCUT2D eigenvalue weighted by atomic mass is 79.9. The molecule has 3 rings (SSSR count). The fourth-order valence-corrected chi connectivity index (χ4v) is 3.32. The van der Waals surface area contributed by atoms with E-state index in [0.717, 1.165) is 15.3 Å². The molecule has 0 bridgehead atoms. The van der Waals surface area contributed by atoms with Gasteiger partial charge in [-0.25, -0.2) is 9.67 Å². The molecule has 0 amide bonds. The van der Waals surface area contributed by atoms with Gasteiger partial charge < -0.3 is 5.32 Å². The molecule has 0 aromatic carbocycles. The number of pyridine rings is 1. The van der Waals surface area contributed by atoms with Gasteiger partial charge in [0, 0.05) is 17.3 Å². The maximum atomic E-state index is 4.41. The zero-order chi connectivity index (χ0) is 13.9. The van der Waals surface area contributed by atoms with E-state index < -0.39 is 0 Å². The van der Waals surface area contributed by atoms with Gasteiger partial charge in [0.05, 0.1) is 21.7 Å². The van der Waals surface area contributed by atoms with E-state index in [1.165, 1.54) is 4.88 Å². The van der Waals surface area contributed by atoms with Crippen LogP contribution in [-0.2, 0) is 0 Å². The van der Waals surface area contributed by atoms with Crippen LogP contribution in [0.3, 0.4) is 0 Å². The van der Waals surface area contributed by atoms with Crippen molar-refractivity contribution in [1.29, 1.82) is 0 Å². The number of hydrogen-bond donors (Lipinski definition) is 1. The topological polar surface area (TPSA) is 42.7 Å². The third-order valence-corrected chi connectivity index (χ3v) is 4.70. The summed E-state index contributed by atoms with van der Waals surface area (Å²) in [4.78, 5) is 5.69. The number of aromatic nitrogens is 3. The quantitative estimate of drug-likeness (QED) is 0.765. The maximum Gasteiger partial charge on any atom is 0.153 e. The molecule has 3 heterocycles. The molecule has 0 fully saturated rings. The van der Waals surface area contributed by atoms with E-state index >= 15 is 0 Å². The van der Waals surface area contributed by atoms with Crippen LogP contribution >= 0.6 is 27.3 Å². The molecule has 0 saturated heterocycles. The molecule has 3 aromatic heterocycles. The molecule has 0 aliphatic rings. The van der Waals surface area contributed by atoms with E-state index in [-0.39, 0.29) is 6.04 Å². The summed E-state index contributed by atoms with van der Waals surface area (Å²) < 4.78 is 2.89. The molecule has 20 heavy (non-hydrogen) atoms. The van der Waals surface area contributed by atoms with E-state index in [0.29, 0.717) is 0 Å². The standard InChI is InChI=1S/C14H13BrN4S/c1-10(12-4-5-13(15)20-12)18-11-3-6-14(16-9-11)19-8-2-7-17-19/h2-10,18H,1H3. The molecule has 1 unspecified atom stereocenters. The molecule has 1 N–H and O–H groups in total. The number of hydrogen-bond acceptors (Lipinski definition) is 4. The van der Waals surface area contributed by atoms with Gasteiger partial charge in [-0.1, -0.05) is 0 Å². The Hall–Kier alpha value is -1.66. The molecule has 3 aromatic rings. The van der Waals surface area contributed by atoms with Crippen LogP contribution in [0.2, 0.25) is 0 Å². The molecule has 102 valence electrons. The van der Waals surface area contributed by atoms with Crippen molar-refractivity contribution in [1.82, 2.24) is 14.8 Å². The lowest BCUT2D eigenvalue weighted by molar-refractivity contribution is 0.844. The summed E-state index contributed by atoms with van der Waals surface area (Å²) in [7, 11) is 0. The lowest BCUT2D eigenvalue weighted by Crippen LogP contribution is -2.06. The van der Waals surface area contributed by atoms with Crippen LogP contribution in [0.5, 0.6) is 0 Å². The summed E-state index contributed by atoms with van der Waals surface area (Å²) in [6.45, 7) is 2.14. The van der Waals surface area contributed by atoms with Crippen molar-refractivity contribution >= 4 is 33.0 Å². The highest BCUT2D eigenvalue weighted by molar-refractivity contribution is 9.11. The van der Waals surface area contributed by atoms with Gasteiger partial charge in [0.1, 0.15) is 0 Å². The molecule has 6 heteroatoms. The number of nitrogens with zero attached hydrogens (tertiary/aromatic N) is 3. The normalized spacial score (nSPS) is 12.3. The predicted molar refractivity (Wildman–Crippen MR) is 85.4 cm³/mol. The van der Waals surface area contributed by atoms with E-state index in [4.69, 9.17) is 0 Å². The average Bonchev–Trinajstić information content (AvgIpc) is 3.10. The van der Waals surface area contributed by atoms with E-state index in [1.54, 1.807) is 22.2 Å². The van der Waals surface area contributed by atoms with Gasteiger partial charge in [-0.15, -0.1) is 11.3 Å². The molecular formula is C14H13BrN4S. The lowest BCUT2D eigenvalue weighted by atomic mass is 10.2. The Labute approximate surface area is 129 Å². The molecule has 0 aliphatic heterocycles. The SMILES string of the molecule is CC(Nc1ccc(-n2cccn2)nc1)c1ccc(Br)s1. The minimum Gasteiger partial charge on any atom is -0.376 e. The van der Waals surface area contributed by atoms with Crippen LogP contribution < -0.4 is 5.32 Å². The number of nitrogens with one attached hydrogen (secondary N) is 1. The van der Waals surface area contributed by atoms with Crippen molar-refractivity contribution in [3.63, 3.8) is 0 Å². The zero-order valence-corrected chi connectivity index (χ0v) is 13.2. The second-order valence-electron chi connectivity index (χ2n) is 4.36. The highest BCUT2D eigenvalue weighted by Crippen LogP contribution is 2.29. The maximum absolute atomic E-state index is 4.41. The largest absolute Gasteiger partial charge is 0.376 e. The Bertz CT molecular complexity index is 676. The Morgan fingerprint density at radius 3 is 2.80 bits per heavy atom. The van der Waals surface area contributed by atoms with Crippen molar-refractivity contribution < 1.29 is 0 Å². The van der Waals surface area contributed by atoms with Crippen LogP contribution in [0.1, 0.15) is 17.8 Å². The third-order valence-electron chi connectivity index (χ3n) is 2.89. The summed E-state index contributed by atoms with van der Waals surface area (Å²) in [6.07, 6.45) is 5.45. The van der Waals surface area contributed by atoms with E-state index in [1.807, 2.05) is 30.6 Å². The fourth-order valence-electron chi connectivity index (χ4n) is 1.89. The summed E-state index contributed by atoms with van der Waals surface area (Å²) in [6, 6.07) is 10.3. The van der Waals surface area contributed by atoms with Gasteiger partial charge >= 0.3 is 0 Å². The van der Waals surface area contributed by atoms with E-state index in [9.17, 15) is 0 Å². The second-order valence-corrected chi connectivity index (χ2v) is 6.86. The van der Waals surface area contributed by atoms with Gasteiger partial charge in [-0.05, 0) is 53.2 Å². The molecule has 0 aliphatic carbocycles. The first-order valence-electron chi connectivity index (χ1n) is 6.20. The number of anilines is 1. The first-order chi connectivity index (χ1) is 9.72. The summed E-state index contributed by atoms with van der Waals surface area (Å²) in [5.74, 6) is 0.812. The van der Waals surface area contributed by atoms with Crippen LogP contribution in [-0.4, -0.2) is 14.8 Å². The number of rotatable bonds is 4. The van der Waals surface area contributed by atoms with Crippen molar-refractivity contribution in [3.8, 4) is 5.82 Å². The smallest absolute Gasteiger partial charge is 0.153 e. The third kappa shape index (κ3) is 2.91. The van der Waals surface area contributed by atoms with Crippen LogP contribution in [0.4, 0.5) is 5.69 Å². The number of halogens is 1. The van der Waals surface area contributed by atoms with Crippen molar-refractivity contribution in [3.05, 3.63) is 57.6 Å². The van der Waals surface area contributed by atoms with Gasteiger partial charge in [-0.3, -0.25) is 0 Å². The summed E-state index contributed by atoms with van der Waals surface area (Å²) in [5.41, 5.74) is 0.998. The van der Waals surface area contributed by atoms with Crippen LogP contribution in [0.15, 0.2) is 52.7 Å². The average molecular weight is 349 g/mol. The Morgan fingerprint density at radius 2 is 2.20 bits per heavy atom. The van der Waals surface area contributed by atoms with E-state index in [2.05, 4.69) is 50.4 Å². The van der Waals surface area contributed by atoms with Gasteiger partial charge in [-0.2, -0.15) is 5.10 Å². The Morgan fingerprint density at radius 1 is 1.30 bits per heavy atom. The van der Waals surface area contributed by atoms with Gasteiger partial charge in [0.15, 0.2) is 5.82 Å².